The molecule has 1 atom stereocenters. The number of fused-ring (bicyclic) bond motifs is 1. The van der Waals surface area contributed by atoms with Crippen LogP contribution in [0.2, 0.25) is 0 Å². The van der Waals surface area contributed by atoms with Gasteiger partial charge in [0, 0.05) is 30.9 Å². The van der Waals surface area contributed by atoms with E-state index in [0.717, 1.165) is 10.5 Å². The molecular weight excluding hydrogens is 412 g/mol. The number of furan rings is 1. The van der Waals surface area contributed by atoms with Crippen molar-refractivity contribution in [3.05, 3.63) is 65.8 Å². The third-order valence-electron chi connectivity index (χ3n) is 5.81. The van der Waals surface area contributed by atoms with Gasteiger partial charge in [-0.2, -0.15) is 0 Å². The normalized spacial score (nSPS) is 21.4. The molecule has 0 radical (unpaired) electrons. The second-order valence-electron chi connectivity index (χ2n) is 7.70. The molecule has 4 heterocycles. The molecule has 0 aliphatic carbocycles. The number of urea groups is 1. The fourth-order valence-corrected chi connectivity index (χ4v) is 3.97. The molecule has 1 N–H and O–H groups in total. The molecule has 4 rings (SSSR count). The highest BCUT2D eigenvalue weighted by Crippen LogP contribution is 2.35. The van der Waals surface area contributed by atoms with Crippen LogP contribution in [0.25, 0.3) is 11.1 Å². The van der Waals surface area contributed by atoms with Gasteiger partial charge in [0.2, 0.25) is 5.91 Å². The van der Waals surface area contributed by atoms with Crippen molar-refractivity contribution >= 4 is 28.9 Å². The van der Waals surface area contributed by atoms with Crippen LogP contribution in [0.4, 0.5) is 4.79 Å². The lowest BCUT2D eigenvalue weighted by Crippen LogP contribution is -2.53. The van der Waals surface area contributed by atoms with Gasteiger partial charge in [-0.1, -0.05) is 12.7 Å². The molecule has 0 unspecified atom stereocenters. The Morgan fingerprint density at radius 3 is 2.84 bits per heavy atom. The number of carbonyl (C=O) groups excluding carboxylic acids is 3. The summed E-state index contributed by atoms with van der Waals surface area (Å²) >= 11 is 0. The van der Waals surface area contributed by atoms with Crippen molar-refractivity contribution in [3.63, 3.8) is 0 Å². The SMILES string of the molecule is C=C(/C=C\C1=C(C)C(=O)N(C[C@@]2(c3cc4ncccc4o3)NC(=O)N(CC)C2=O)C1)OC. The first kappa shape index (κ1) is 21.4. The second kappa shape index (κ2) is 7.99. The minimum Gasteiger partial charge on any atom is -0.497 e. The van der Waals surface area contributed by atoms with E-state index in [1.165, 1.54) is 12.0 Å². The van der Waals surface area contributed by atoms with Crippen LogP contribution in [0, 0.1) is 0 Å². The lowest BCUT2D eigenvalue weighted by Gasteiger charge is -2.29. The molecule has 2 aromatic rings. The summed E-state index contributed by atoms with van der Waals surface area (Å²) in [5, 5.41) is 2.78. The quantitative estimate of drug-likeness (QED) is 0.406. The Kier molecular flexibility index (Phi) is 5.33. The Morgan fingerprint density at radius 2 is 2.19 bits per heavy atom. The van der Waals surface area contributed by atoms with Crippen LogP contribution < -0.4 is 5.32 Å². The molecule has 4 amide bonds. The number of allylic oxidation sites excluding steroid dienone is 1. The van der Waals surface area contributed by atoms with Crippen LogP contribution in [0.15, 0.2) is 64.4 Å². The maximum atomic E-state index is 13.4. The molecule has 0 bridgehead atoms. The van der Waals surface area contributed by atoms with Gasteiger partial charge in [-0.15, -0.1) is 0 Å². The van der Waals surface area contributed by atoms with Crippen LogP contribution in [-0.2, 0) is 19.9 Å². The van der Waals surface area contributed by atoms with Gasteiger partial charge in [0.15, 0.2) is 11.1 Å². The highest BCUT2D eigenvalue weighted by molar-refractivity contribution is 6.08. The Labute approximate surface area is 185 Å². The summed E-state index contributed by atoms with van der Waals surface area (Å²) in [5.74, 6) is 0.00604. The second-order valence-corrected chi connectivity index (χ2v) is 7.70. The zero-order valence-electron chi connectivity index (χ0n) is 18.2. The molecule has 0 saturated carbocycles. The number of rotatable bonds is 7. The smallest absolute Gasteiger partial charge is 0.325 e. The van der Waals surface area contributed by atoms with E-state index in [4.69, 9.17) is 9.15 Å². The number of ether oxygens (including phenoxy) is 1. The zero-order chi connectivity index (χ0) is 23.0. The van der Waals surface area contributed by atoms with E-state index in [9.17, 15) is 14.4 Å². The molecule has 0 aromatic carbocycles. The van der Waals surface area contributed by atoms with Crippen molar-refractivity contribution < 1.29 is 23.5 Å². The summed E-state index contributed by atoms with van der Waals surface area (Å²) in [6.45, 7) is 7.57. The van der Waals surface area contributed by atoms with Crippen molar-refractivity contribution in [1.29, 1.82) is 0 Å². The molecule has 1 saturated heterocycles. The summed E-state index contributed by atoms with van der Waals surface area (Å²) in [6, 6.07) is 4.56. The minimum absolute atomic E-state index is 0.0768. The van der Waals surface area contributed by atoms with Crippen LogP contribution in [0.3, 0.4) is 0 Å². The zero-order valence-corrected chi connectivity index (χ0v) is 18.2. The summed E-state index contributed by atoms with van der Waals surface area (Å²) in [4.78, 5) is 45.9. The Balaban J connectivity index is 1.71. The van der Waals surface area contributed by atoms with Crippen molar-refractivity contribution in [1.82, 2.24) is 20.1 Å². The number of nitrogens with one attached hydrogen (secondary N) is 1. The number of hydrogen-bond acceptors (Lipinski definition) is 6. The molecule has 2 aromatic heterocycles. The third-order valence-corrected chi connectivity index (χ3v) is 5.81. The summed E-state index contributed by atoms with van der Waals surface area (Å²) in [6.07, 6.45) is 5.06. The molecule has 2 aliphatic heterocycles. The molecular formula is C23H24N4O5. The molecule has 32 heavy (non-hydrogen) atoms. The van der Waals surface area contributed by atoms with Gasteiger partial charge < -0.3 is 19.4 Å². The van der Waals surface area contributed by atoms with E-state index in [0.29, 0.717) is 22.4 Å². The highest BCUT2D eigenvalue weighted by atomic mass is 16.5. The Hall–Kier alpha value is -3.88. The molecule has 9 heteroatoms. The van der Waals surface area contributed by atoms with Crippen LogP contribution in [0.1, 0.15) is 19.6 Å². The van der Waals surface area contributed by atoms with Crippen molar-refractivity contribution in [2.75, 3.05) is 26.7 Å². The number of aromatic nitrogens is 1. The number of pyridine rings is 1. The fraction of sp³-hybridized carbons (Fsp3) is 0.304. The van der Waals surface area contributed by atoms with Crippen molar-refractivity contribution in [3.8, 4) is 0 Å². The van der Waals surface area contributed by atoms with E-state index in [2.05, 4.69) is 16.9 Å². The number of likely N-dealkylation sites (N-methyl/N-ethyl adjacent to an activating group) is 1. The lowest BCUT2D eigenvalue weighted by atomic mass is 9.95. The topological polar surface area (TPSA) is 105 Å². The van der Waals surface area contributed by atoms with Crippen molar-refractivity contribution in [2.24, 2.45) is 0 Å². The summed E-state index contributed by atoms with van der Waals surface area (Å²) in [5.41, 5.74) is 0.832. The average Bonchev–Trinajstić information content (AvgIpc) is 3.41. The minimum atomic E-state index is -1.54. The monoisotopic (exact) mass is 436 g/mol. The molecule has 1 fully saturated rings. The number of nitrogens with zero attached hydrogens (tertiary/aromatic N) is 3. The van der Waals surface area contributed by atoms with Crippen molar-refractivity contribution in [2.45, 2.75) is 19.4 Å². The number of hydrogen-bond donors (Lipinski definition) is 1. The number of methoxy groups -OCH3 is 1. The number of carbonyl (C=O) groups is 3. The summed E-state index contributed by atoms with van der Waals surface area (Å²) < 4.78 is 11.0. The first-order valence-electron chi connectivity index (χ1n) is 10.2. The number of imide groups is 1. The number of amides is 4. The molecule has 9 nitrogen and oxygen atoms in total. The van der Waals surface area contributed by atoms with E-state index >= 15 is 0 Å². The van der Waals surface area contributed by atoms with Gasteiger partial charge >= 0.3 is 6.03 Å². The van der Waals surface area contributed by atoms with Gasteiger partial charge in [-0.25, -0.2) is 4.79 Å². The van der Waals surface area contributed by atoms with E-state index < -0.39 is 17.5 Å². The third kappa shape index (κ3) is 3.35. The first-order chi connectivity index (χ1) is 15.3. The fourth-order valence-electron chi connectivity index (χ4n) is 3.97. The maximum absolute atomic E-state index is 13.4. The predicted octanol–water partition coefficient (Wildman–Crippen LogP) is 2.47. The van der Waals surface area contributed by atoms with Crippen LogP contribution >= 0.6 is 0 Å². The van der Waals surface area contributed by atoms with Crippen LogP contribution in [-0.4, -0.2) is 59.4 Å². The van der Waals surface area contributed by atoms with Gasteiger partial charge in [0.05, 0.1) is 13.7 Å². The standard InChI is InChI=1S/C23H24N4O5/c1-5-27-21(29)23(25-22(27)30,19-11-17-18(32-19)7-6-10-24-17)13-26-12-16(15(3)20(26)28)9-8-14(2)31-4/h6-11H,2,5,12-13H2,1,3-4H3,(H,25,30)/b9-8-/t23-/m0/s1. The molecule has 166 valence electrons. The maximum Gasteiger partial charge on any atom is 0.325 e. The lowest BCUT2D eigenvalue weighted by molar-refractivity contribution is -0.134. The van der Waals surface area contributed by atoms with Gasteiger partial charge in [-0.05, 0) is 37.6 Å². The molecule has 2 aliphatic rings. The van der Waals surface area contributed by atoms with Gasteiger partial charge in [0.1, 0.15) is 17.0 Å². The van der Waals surface area contributed by atoms with Crippen LogP contribution in [0.5, 0.6) is 0 Å². The molecule has 0 spiro atoms. The van der Waals surface area contributed by atoms with E-state index in [1.807, 2.05) is 0 Å². The van der Waals surface area contributed by atoms with E-state index in [1.54, 1.807) is 50.4 Å². The average molecular weight is 436 g/mol. The largest absolute Gasteiger partial charge is 0.497 e. The summed E-state index contributed by atoms with van der Waals surface area (Å²) in [7, 11) is 1.51. The predicted molar refractivity (Wildman–Crippen MR) is 116 cm³/mol. The Morgan fingerprint density at radius 1 is 1.41 bits per heavy atom. The van der Waals surface area contributed by atoms with Gasteiger partial charge in [0.25, 0.3) is 5.91 Å². The highest BCUT2D eigenvalue weighted by Gasteiger charge is 2.56. The Bertz CT molecular complexity index is 1160. The van der Waals surface area contributed by atoms with Gasteiger partial charge in [-0.3, -0.25) is 19.5 Å². The first-order valence-corrected chi connectivity index (χ1v) is 10.2. The van der Waals surface area contributed by atoms with E-state index in [-0.39, 0.29) is 31.3 Å².